The van der Waals surface area contributed by atoms with Crippen LogP contribution in [0.1, 0.15) is 12.5 Å². The molecule has 128 valence electrons. The van der Waals surface area contributed by atoms with Gasteiger partial charge in [0, 0.05) is 13.7 Å². The Labute approximate surface area is 136 Å². The van der Waals surface area contributed by atoms with Crippen molar-refractivity contribution in [1.82, 2.24) is 10.2 Å². The van der Waals surface area contributed by atoms with Crippen LogP contribution in [0.5, 0.6) is 5.75 Å². The Hall–Kier alpha value is -2.12. The summed E-state index contributed by atoms with van der Waals surface area (Å²) in [6.07, 6.45) is 0. The third-order valence-electron chi connectivity index (χ3n) is 3.38. The van der Waals surface area contributed by atoms with Gasteiger partial charge in [0.05, 0.1) is 13.2 Å². The van der Waals surface area contributed by atoms with E-state index >= 15 is 0 Å². The van der Waals surface area contributed by atoms with E-state index in [2.05, 4.69) is 5.32 Å². The normalized spacial score (nSPS) is 12.0. The molecule has 7 heteroatoms. The number of carbonyl (C=O) groups excluding carboxylic acids is 1. The van der Waals surface area contributed by atoms with Gasteiger partial charge < -0.3 is 19.9 Å². The van der Waals surface area contributed by atoms with Crippen LogP contribution in [0, 0.1) is 0 Å². The number of hydrogen-bond acceptors (Lipinski definition) is 5. The fourth-order valence-electron chi connectivity index (χ4n) is 1.75. The molecule has 0 aliphatic heterocycles. The lowest BCUT2D eigenvalue weighted by molar-refractivity contribution is -0.142. The molecule has 0 heterocycles. The molecule has 1 aromatic carbocycles. The maximum atomic E-state index is 11.8. The molecule has 1 atom stereocenters. The van der Waals surface area contributed by atoms with Gasteiger partial charge in [-0.3, -0.25) is 14.5 Å². The average molecular weight is 324 g/mol. The maximum Gasteiger partial charge on any atom is 0.320 e. The number of amides is 1. The van der Waals surface area contributed by atoms with Crippen LogP contribution in [0.4, 0.5) is 0 Å². The van der Waals surface area contributed by atoms with Gasteiger partial charge >= 0.3 is 5.97 Å². The minimum Gasteiger partial charge on any atom is -0.491 e. The second-order valence-corrected chi connectivity index (χ2v) is 5.19. The highest BCUT2D eigenvalue weighted by Crippen LogP contribution is 2.12. The summed E-state index contributed by atoms with van der Waals surface area (Å²) in [5.41, 5.74) is 0.936. The second kappa shape index (κ2) is 9.81. The Morgan fingerprint density at radius 2 is 1.91 bits per heavy atom. The van der Waals surface area contributed by atoms with Crippen molar-refractivity contribution >= 4 is 11.9 Å². The average Bonchev–Trinajstić information content (AvgIpc) is 2.53. The molecule has 2 N–H and O–H groups in total. The molecule has 0 saturated carbocycles. The van der Waals surface area contributed by atoms with Gasteiger partial charge in [0.15, 0.2) is 0 Å². The molecule has 1 rings (SSSR count). The summed E-state index contributed by atoms with van der Waals surface area (Å²) in [5, 5.41) is 11.6. The lowest BCUT2D eigenvalue weighted by Gasteiger charge is -2.20. The summed E-state index contributed by atoms with van der Waals surface area (Å²) >= 11 is 0. The van der Waals surface area contributed by atoms with E-state index < -0.39 is 12.0 Å². The predicted molar refractivity (Wildman–Crippen MR) is 85.4 cm³/mol. The van der Waals surface area contributed by atoms with Crippen LogP contribution in [0.3, 0.4) is 0 Å². The summed E-state index contributed by atoms with van der Waals surface area (Å²) in [6.45, 7) is 2.97. The SMILES string of the molecule is COCCOc1ccc(CNC(=O)CN(C)C(C)C(=O)O)cc1. The van der Waals surface area contributed by atoms with Crippen molar-refractivity contribution in [2.45, 2.75) is 19.5 Å². The highest BCUT2D eigenvalue weighted by Gasteiger charge is 2.18. The maximum absolute atomic E-state index is 11.8. The van der Waals surface area contributed by atoms with Gasteiger partial charge in [-0.1, -0.05) is 12.1 Å². The van der Waals surface area contributed by atoms with Crippen molar-refractivity contribution in [2.24, 2.45) is 0 Å². The Bertz CT molecular complexity index is 504. The summed E-state index contributed by atoms with van der Waals surface area (Å²) in [6, 6.07) is 6.69. The zero-order chi connectivity index (χ0) is 17.2. The molecule has 7 nitrogen and oxygen atoms in total. The first-order chi connectivity index (χ1) is 10.9. The van der Waals surface area contributed by atoms with Gasteiger partial charge in [0.1, 0.15) is 18.4 Å². The van der Waals surface area contributed by atoms with Crippen LogP contribution >= 0.6 is 0 Å². The number of aliphatic carboxylic acids is 1. The summed E-state index contributed by atoms with van der Waals surface area (Å²) < 4.78 is 10.4. The van der Waals surface area contributed by atoms with Crippen LogP contribution in [0.25, 0.3) is 0 Å². The largest absolute Gasteiger partial charge is 0.491 e. The topological polar surface area (TPSA) is 88.1 Å². The van der Waals surface area contributed by atoms with Gasteiger partial charge in [-0.05, 0) is 31.7 Å². The molecule has 0 aliphatic rings. The number of methoxy groups -OCH3 is 1. The molecule has 0 radical (unpaired) electrons. The Morgan fingerprint density at radius 3 is 2.48 bits per heavy atom. The van der Waals surface area contributed by atoms with E-state index in [1.54, 1.807) is 14.2 Å². The minimum absolute atomic E-state index is 0.0334. The highest BCUT2D eigenvalue weighted by molar-refractivity contribution is 5.79. The molecule has 0 aliphatic carbocycles. The van der Waals surface area contributed by atoms with Crippen LogP contribution in [-0.4, -0.2) is 61.8 Å². The zero-order valence-corrected chi connectivity index (χ0v) is 13.7. The van der Waals surface area contributed by atoms with E-state index in [0.717, 1.165) is 11.3 Å². The van der Waals surface area contributed by atoms with Gasteiger partial charge in [0.2, 0.25) is 5.91 Å². The van der Waals surface area contributed by atoms with Crippen molar-refractivity contribution in [3.05, 3.63) is 29.8 Å². The first-order valence-electron chi connectivity index (χ1n) is 7.34. The molecule has 0 fully saturated rings. The van der Waals surface area contributed by atoms with E-state index in [1.807, 2.05) is 24.3 Å². The molecule has 0 spiro atoms. The van der Waals surface area contributed by atoms with Gasteiger partial charge in [0.25, 0.3) is 0 Å². The first kappa shape index (κ1) is 18.9. The standard InChI is InChI=1S/C16H24N2O5/c1-12(16(20)21)18(2)11-15(19)17-10-13-4-6-14(7-5-13)23-9-8-22-3/h4-7,12H,8-11H2,1-3H3,(H,17,19)(H,20,21). The molecule has 0 bridgehead atoms. The first-order valence-corrected chi connectivity index (χ1v) is 7.34. The number of carboxylic acids is 1. The van der Waals surface area contributed by atoms with E-state index in [4.69, 9.17) is 14.6 Å². The number of carbonyl (C=O) groups is 2. The summed E-state index contributed by atoms with van der Waals surface area (Å²) in [7, 11) is 3.22. The van der Waals surface area contributed by atoms with E-state index in [1.165, 1.54) is 11.8 Å². The molecule has 1 amide bonds. The molecular formula is C16H24N2O5. The highest BCUT2D eigenvalue weighted by atomic mass is 16.5. The lowest BCUT2D eigenvalue weighted by atomic mass is 10.2. The van der Waals surface area contributed by atoms with Gasteiger partial charge in [-0.25, -0.2) is 0 Å². The molecular weight excluding hydrogens is 300 g/mol. The van der Waals surface area contributed by atoms with Crippen molar-refractivity contribution in [3.63, 3.8) is 0 Å². The number of rotatable bonds is 10. The quantitative estimate of drug-likeness (QED) is 0.617. The predicted octanol–water partition coefficient (Wildman–Crippen LogP) is 0.733. The molecule has 1 unspecified atom stereocenters. The number of benzene rings is 1. The smallest absolute Gasteiger partial charge is 0.320 e. The third-order valence-corrected chi connectivity index (χ3v) is 3.38. The number of nitrogens with zero attached hydrogens (tertiary/aromatic N) is 1. The van der Waals surface area contributed by atoms with Gasteiger partial charge in [-0.15, -0.1) is 0 Å². The lowest BCUT2D eigenvalue weighted by Crippen LogP contribution is -2.42. The number of hydrogen-bond donors (Lipinski definition) is 2. The van der Waals surface area contributed by atoms with Crippen molar-refractivity contribution in [1.29, 1.82) is 0 Å². The number of carboxylic acid groups (broad SMARTS) is 1. The number of likely N-dealkylation sites (N-methyl/N-ethyl adjacent to an activating group) is 1. The molecule has 0 aromatic heterocycles. The number of nitrogens with one attached hydrogen (secondary N) is 1. The molecule has 1 aromatic rings. The summed E-state index contributed by atoms with van der Waals surface area (Å²) in [5.74, 6) is -0.433. The Kier molecular flexibility index (Phi) is 8.07. The van der Waals surface area contributed by atoms with Crippen LogP contribution in [-0.2, 0) is 20.9 Å². The zero-order valence-electron chi connectivity index (χ0n) is 13.7. The second-order valence-electron chi connectivity index (χ2n) is 5.19. The monoisotopic (exact) mass is 324 g/mol. The minimum atomic E-state index is -0.954. The summed E-state index contributed by atoms with van der Waals surface area (Å²) in [4.78, 5) is 24.1. The Morgan fingerprint density at radius 1 is 1.26 bits per heavy atom. The van der Waals surface area contributed by atoms with Crippen molar-refractivity contribution < 1.29 is 24.2 Å². The van der Waals surface area contributed by atoms with Crippen LogP contribution in [0.15, 0.2) is 24.3 Å². The van der Waals surface area contributed by atoms with Crippen LogP contribution in [0.2, 0.25) is 0 Å². The fourth-order valence-corrected chi connectivity index (χ4v) is 1.75. The van der Waals surface area contributed by atoms with E-state index in [-0.39, 0.29) is 12.5 Å². The van der Waals surface area contributed by atoms with Crippen LogP contribution < -0.4 is 10.1 Å². The number of ether oxygens (including phenoxy) is 2. The molecule has 23 heavy (non-hydrogen) atoms. The Balaban J connectivity index is 2.36. The van der Waals surface area contributed by atoms with Crippen molar-refractivity contribution in [2.75, 3.05) is 33.9 Å². The van der Waals surface area contributed by atoms with Crippen molar-refractivity contribution in [3.8, 4) is 5.75 Å². The third kappa shape index (κ3) is 7.12. The van der Waals surface area contributed by atoms with Gasteiger partial charge in [-0.2, -0.15) is 0 Å². The fraction of sp³-hybridized carbons (Fsp3) is 0.500. The van der Waals surface area contributed by atoms with E-state index in [0.29, 0.717) is 19.8 Å². The molecule has 0 saturated heterocycles. The van der Waals surface area contributed by atoms with E-state index in [9.17, 15) is 9.59 Å².